The van der Waals surface area contributed by atoms with Gasteiger partial charge in [0, 0.05) is 12.8 Å². The molecule has 0 aromatic rings. The van der Waals surface area contributed by atoms with E-state index in [1.54, 1.807) is 0 Å². The van der Waals surface area contributed by atoms with Crippen molar-refractivity contribution in [3.63, 3.8) is 0 Å². The van der Waals surface area contributed by atoms with Crippen LogP contribution in [-0.2, 0) is 19.1 Å². The molecule has 262 valence electrons. The Morgan fingerprint density at radius 2 is 0.804 bits per heavy atom. The Morgan fingerprint density at radius 1 is 0.457 bits per heavy atom. The highest BCUT2D eigenvalue weighted by molar-refractivity contribution is 5.70. The predicted molar refractivity (Wildman–Crippen MR) is 196 cm³/mol. The Morgan fingerprint density at radius 3 is 1.33 bits per heavy atom. The summed E-state index contributed by atoms with van der Waals surface area (Å²) in [5.41, 5.74) is 0. The van der Waals surface area contributed by atoms with Gasteiger partial charge >= 0.3 is 11.9 Å². The number of carbonyl (C=O) groups excluding carboxylic acids is 2. The van der Waals surface area contributed by atoms with Gasteiger partial charge in [-0.25, -0.2) is 0 Å². The second kappa shape index (κ2) is 36.8. The minimum absolute atomic E-state index is 0.151. The average molecular weight is 641 g/mol. The third-order valence-corrected chi connectivity index (χ3v) is 7.43. The van der Waals surface area contributed by atoms with E-state index < -0.39 is 6.10 Å². The molecule has 0 aromatic carbocycles. The summed E-state index contributed by atoms with van der Waals surface area (Å²) in [7, 11) is 0. The highest BCUT2D eigenvalue weighted by Crippen LogP contribution is 2.09. The molecule has 0 aliphatic carbocycles. The Labute approximate surface area is 283 Å². The fourth-order valence-electron chi connectivity index (χ4n) is 4.59. The molecule has 0 spiro atoms. The van der Waals surface area contributed by atoms with Crippen LogP contribution in [0.25, 0.3) is 0 Å². The van der Waals surface area contributed by atoms with Gasteiger partial charge in [0.15, 0.2) is 0 Å². The van der Waals surface area contributed by atoms with Crippen LogP contribution in [0.1, 0.15) is 155 Å². The number of rotatable bonds is 32. The Balaban J connectivity index is 3.63. The molecular weight excluding hydrogens is 572 g/mol. The van der Waals surface area contributed by atoms with Crippen molar-refractivity contribution in [2.24, 2.45) is 0 Å². The zero-order valence-corrected chi connectivity index (χ0v) is 29.6. The van der Waals surface area contributed by atoms with E-state index in [0.29, 0.717) is 12.8 Å². The lowest BCUT2D eigenvalue weighted by Gasteiger charge is -2.11. The SMILES string of the molecule is CCCCC/C=C\C/C=C\C/C=C\C/C=C\C/C=C\CCC(=O)OC[C@H](O)COC(=O)CCCCC/C=C\CCCCCCCC. The number of allylic oxidation sites excluding steroid dienone is 12. The first-order chi connectivity index (χ1) is 22.6. The summed E-state index contributed by atoms with van der Waals surface area (Å²) in [5, 5.41) is 9.97. The first kappa shape index (κ1) is 43.3. The van der Waals surface area contributed by atoms with E-state index in [2.05, 4.69) is 74.6 Å². The summed E-state index contributed by atoms with van der Waals surface area (Å²) in [6.07, 6.45) is 48.2. The van der Waals surface area contributed by atoms with Gasteiger partial charge in [0.25, 0.3) is 0 Å². The number of carbonyl (C=O) groups is 2. The Kier molecular flexibility index (Phi) is 34.7. The quantitative estimate of drug-likeness (QED) is 0.0450. The van der Waals surface area contributed by atoms with Crippen molar-refractivity contribution in [1.82, 2.24) is 0 Å². The maximum Gasteiger partial charge on any atom is 0.306 e. The number of aliphatic hydroxyl groups excluding tert-OH is 1. The molecule has 0 aromatic heterocycles. The van der Waals surface area contributed by atoms with Crippen LogP contribution in [0.3, 0.4) is 0 Å². The van der Waals surface area contributed by atoms with Gasteiger partial charge in [0.2, 0.25) is 0 Å². The zero-order chi connectivity index (χ0) is 33.6. The van der Waals surface area contributed by atoms with E-state index in [-0.39, 0.29) is 31.6 Å². The largest absolute Gasteiger partial charge is 0.463 e. The molecule has 0 aliphatic rings. The molecule has 0 amide bonds. The molecule has 1 N–H and O–H groups in total. The van der Waals surface area contributed by atoms with Gasteiger partial charge in [-0.05, 0) is 77.0 Å². The second-order valence-electron chi connectivity index (χ2n) is 12.0. The summed E-state index contributed by atoms with van der Waals surface area (Å²) in [6.45, 7) is 4.16. The minimum atomic E-state index is -1.00. The molecule has 1 atom stereocenters. The number of aliphatic hydroxyl groups is 1. The lowest BCUT2D eigenvalue weighted by atomic mass is 10.1. The van der Waals surface area contributed by atoms with Crippen LogP contribution in [-0.4, -0.2) is 36.4 Å². The minimum Gasteiger partial charge on any atom is -0.463 e. The van der Waals surface area contributed by atoms with Gasteiger partial charge in [0.1, 0.15) is 19.3 Å². The fraction of sp³-hybridized carbons (Fsp3) is 0.659. The highest BCUT2D eigenvalue weighted by atomic mass is 16.6. The summed E-state index contributed by atoms with van der Waals surface area (Å²) in [5.74, 6) is -0.683. The topological polar surface area (TPSA) is 72.8 Å². The summed E-state index contributed by atoms with van der Waals surface area (Å²) >= 11 is 0. The normalized spacial score (nSPS) is 13.0. The number of hydrogen-bond acceptors (Lipinski definition) is 5. The van der Waals surface area contributed by atoms with Gasteiger partial charge in [-0.3, -0.25) is 9.59 Å². The van der Waals surface area contributed by atoms with Crippen LogP contribution in [0.5, 0.6) is 0 Å². The molecule has 0 aliphatic heterocycles. The van der Waals surface area contributed by atoms with Crippen molar-refractivity contribution in [1.29, 1.82) is 0 Å². The van der Waals surface area contributed by atoms with E-state index in [4.69, 9.17) is 9.47 Å². The maximum absolute atomic E-state index is 11.9. The van der Waals surface area contributed by atoms with Crippen LogP contribution >= 0.6 is 0 Å². The number of hydrogen-bond donors (Lipinski definition) is 1. The molecule has 0 unspecified atom stereocenters. The van der Waals surface area contributed by atoms with E-state index in [1.807, 2.05) is 12.2 Å². The molecule has 0 saturated heterocycles. The van der Waals surface area contributed by atoms with Gasteiger partial charge in [-0.2, -0.15) is 0 Å². The molecule has 0 fully saturated rings. The lowest BCUT2D eigenvalue weighted by Crippen LogP contribution is -2.25. The molecule has 46 heavy (non-hydrogen) atoms. The zero-order valence-electron chi connectivity index (χ0n) is 29.6. The summed E-state index contributed by atoms with van der Waals surface area (Å²) in [6, 6.07) is 0. The van der Waals surface area contributed by atoms with E-state index in [9.17, 15) is 14.7 Å². The third-order valence-electron chi connectivity index (χ3n) is 7.43. The lowest BCUT2D eigenvalue weighted by molar-refractivity contribution is -0.152. The van der Waals surface area contributed by atoms with Crippen molar-refractivity contribution in [2.45, 2.75) is 161 Å². The van der Waals surface area contributed by atoms with E-state index in [0.717, 1.165) is 51.4 Å². The molecule has 5 nitrogen and oxygen atoms in total. The van der Waals surface area contributed by atoms with Crippen molar-refractivity contribution < 1.29 is 24.2 Å². The second-order valence-corrected chi connectivity index (χ2v) is 12.0. The standard InChI is InChI=1S/C41H68O5/c1-3-5-7-9-11-13-15-17-18-19-20-21-22-24-26-28-30-32-34-36-41(44)46-38-39(42)37-45-40(43)35-33-31-29-27-25-23-16-14-12-10-8-6-4-2/h11,13,17-18,20-21,23-26,30,32,39,42H,3-10,12,14-16,19,22,27-29,31,33-38H2,1-2H3/b13-11-,18-17-,21-20-,25-23-,26-24-,32-30-/t39-/m1/s1. The first-order valence-corrected chi connectivity index (χ1v) is 18.5. The van der Waals surface area contributed by atoms with Crippen molar-refractivity contribution >= 4 is 11.9 Å². The fourth-order valence-corrected chi connectivity index (χ4v) is 4.59. The summed E-state index contributed by atoms with van der Waals surface area (Å²) in [4.78, 5) is 23.8. The number of esters is 2. The Bertz CT molecular complexity index is 864. The van der Waals surface area contributed by atoms with Gasteiger partial charge < -0.3 is 14.6 Å². The molecule has 5 heteroatoms. The van der Waals surface area contributed by atoms with Crippen molar-refractivity contribution in [3.05, 3.63) is 72.9 Å². The van der Waals surface area contributed by atoms with Crippen LogP contribution in [0.4, 0.5) is 0 Å². The third kappa shape index (κ3) is 35.8. The highest BCUT2D eigenvalue weighted by Gasteiger charge is 2.11. The van der Waals surface area contributed by atoms with Crippen LogP contribution < -0.4 is 0 Å². The van der Waals surface area contributed by atoms with Gasteiger partial charge in [0.05, 0.1) is 0 Å². The molecule has 0 bridgehead atoms. The van der Waals surface area contributed by atoms with E-state index in [1.165, 1.54) is 70.6 Å². The van der Waals surface area contributed by atoms with E-state index >= 15 is 0 Å². The smallest absolute Gasteiger partial charge is 0.306 e. The molecule has 0 radical (unpaired) electrons. The van der Waals surface area contributed by atoms with Crippen molar-refractivity contribution in [2.75, 3.05) is 13.2 Å². The number of ether oxygens (including phenoxy) is 2. The van der Waals surface area contributed by atoms with Crippen LogP contribution in [0.15, 0.2) is 72.9 Å². The molecule has 0 saturated carbocycles. The molecule has 0 rings (SSSR count). The summed E-state index contributed by atoms with van der Waals surface area (Å²) < 4.78 is 10.2. The molecular formula is C41H68O5. The monoisotopic (exact) mass is 641 g/mol. The van der Waals surface area contributed by atoms with Gasteiger partial charge in [-0.15, -0.1) is 0 Å². The average Bonchev–Trinajstić information content (AvgIpc) is 3.06. The van der Waals surface area contributed by atoms with Crippen LogP contribution in [0.2, 0.25) is 0 Å². The van der Waals surface area contributed by atoms with Gasteiger partial charge in [-0.1, -0.05) is 138 Å². The maximum atomic E-state index is 11.9. The Hall–Kier alpha value is -2.66. The molecule has 0 heterocycles. The van der Waals surface area contributed by atoms with Crippen molar-refractivity contribution in [3.8, 4) is 0 Å². The predicted octanol–water partition coefficient (Wildman–Crippen LogP) is 11.4. The van der Waals surface area contributed by atoms with Crippen LogP contribution in [0, 0.1) is 0 Å². The first-order valence-electron chi connectivity index (χ1n) is 18.5. The number of unbranched alkanes of at least 4 members (excludes halogenated alkanes) is 12.